The van der Waals surface area contributed by atoms with E-state index in [2.05, 4.69) is 5.32 Å². The van der Waals surface area contributed by atoms with Crippen molar-refractivity contribution in [3.05, 3.63) is 101 Å². The van der Waals surface area contributed by atoms with Crippen molar-refractivity contribution < 1.29 is 22.4 Å². The lowest BCUT2D eigenvalue weighted by Crippen LogP contribution is -2.52. The van der Waals surface area contributed by atoms with Gasteiger partial charge < -0.3 is 10.2 Å². The van der Waals surface area contributed by atoms with Gasteiger partial charge in [-0.05, 0) is 66.8 Å². The second kappa shape index (κ2) is 15.3. The zero-order chi connectivity index (χ0) is 30.8. The molecule has 0 unspecified atom stereocenters. The van der Waals surface area contributed by atoms with Crippen LogP contribution in [0, 0.1) is 5.82 Å². The monoisotopic (exact) mass is 627 g/mol. The summed E-state index contributed by atoms with van der Waals surface area (Å²) in [4.78, 5) is 29.5. The molecule has 3 aromatic carbocycles. The van der Waals surface area contributed by atoms with Crippen LogP contribution in [0.25, 0.3) is 0 Å². The summed E-state index contributed by atoms with van der Waals surface area (Å²) in [6.45, 7) is 0.196. The third-order valence-electron chi connectivity index (χ3n) is 7.73. The van der Waals surface area contributed by atoms with Crippen LogP contribution >= 0.6 is 11.6 Å². The van der Waals surface area contributed by atoms with Crippen LogP contribution in [0.2, 0.25) is 5.02 Å². The van der Waals surface area contributed by atoms with Crippen LogP contribution in [0.4, 0.5) is 10.1 Å². The number of carbonyl (C=O) groups is 2. The Labute approximate surface area is 259 Å². The molecule has 2 amide bonds. The van der Waals surface area contributed by atoms with E-state index in [1.54, 1.807) is 23.1 Å². The van der Waals surface area contributed by atoms with Crippen molar-refractivity contribution in [2.45, 2.75) is 70.0 Å². The van der Waals surface area contributed by atoms with Crippen LogP contribution in [-0.4, -0.2) is 50.0 Å². The number of sulfonamides is 1. The zero-order valence-corrected chi connectivity index (χ0v) is 26.0. The van der Waals surface area contributed by atoms with Gasteiger partial charge in [0.15, 0.2) is 0 Å². The summed E-state index contributed by atoms with van der Waals surface area (Å²) < 4.78 is 39.8. The van der Waals surface area contributed by atoms with Gasteiger partial charge in [-0.3, -0.25) is 13.9 Å². The van der Waals surface area contributed by atoms with Gasteiger partial charge in [0, 0.05) is 37.0 Å². The Morgan fingerprint density at radius 2 is 1.63 bits per heavy atom. The summed E-state index contributed by atoms with van der Waals surface area (Å²) in [6.07, 6.45) is 6.73. The minimum atomic E-state index is -3.68. The highest BCUT2D eigenvalue weighted by Gasteiger charge is 2.32. The molecule has 1 atom stereocenters. The molecule has 1 aliphatic carbocycles. The van der Waals surface area contributed by atoms with Gasteiger partial charge in [0.25, 0.3) is 0 Å². The molecule has 4 rings (SSSR count). The highest BCUT2D eigenvalue weighted by atomic mass is 35.5. The highest BCUT2D eigenvalue weighted by Crippen LogP contribution is 2.23. The van der Waals surface area contributed by atoms with Gasteiger partial charge in [-0.15, -0.1) is 0 Å². The molecule has 0 aromatic heterocycles. The molecule has 1 fully saturated rings. The molecule has 1 N–H and O–H groups in total. The Balaban J connectivity index is 1.58. The molecule has 1 saturated carbocycles. The van der Waals surface area contributed by atoms with E-state index in [9.17, 15) is 22.4 Å². The van der Waals surface area contributed by atoms with E-state index in [0.717, 1.165) is 53.8 Å². The minimum absolute atomic E-state index is 0.00970. The van der Waals surface area contributed by atoms with Gasteiger partial charge >= 0.3 is 0 Å². The predicted molar refractivity (Wildman–Crippen MR) is 169 cm³/mol. The molecule has 0 spiro atoms. The van der Waals surface area contributed by atoms with Crippen LogP contribution in [0.1, 0.15) is 56.1 Å². The van der Waals surface area contributed by atoms with Crippen molar-refractivity contribution >= 4 is 39.1 Å². The van der Waals surface area contributed by atoms with E-state index in [1.165, 1.54) is 24.3 Å². The van der Waals surface area contributed by atoms with Gasteiger partial charge in [-0.2, -0.15) is 0 Å². The smallest absolute Gasteiger partial charge is 0.243 e. The van der Waals surface area contributed by atoms with Crippen LogP contribution in [0.3, 0.4) is 0 Å². The number of nitrogens with zero attached hydrogens (tertiary/aromatic N) is 2. The molecule has 1 aliphatic rings. The number of nitrogens with one attached hydrogen (secondary N) is 1. The van der Waals surface area contributed by atoms with E-state index in [4.69, 9.17) is 11.6 Å². The number of benzene rings is 3. The third kappa shape index (κ3) is 9.79. The standard InChI is InChI=1S/C33H39ClFN3O4S/c1-43(41,42)38(30-19-17-28(35)18-20-30)21-9-16-32(39)37(24-26-12-8-13-27(34)22-26)31(23-25-10-4-2-5-11-25)33(40)36-29-14-6-3-7-15-29/h2,4-5,8,10-13,17-20,22,29,31H,3,6-7,9,14-16,21,23-24H2,1H3,(H,36,40)/t31-/m0/s1. The van der Waals surface area contributed by atoms with Crippen LogP contribution in [0.5, 0.6) is 0 Å². The molecule has 0 aliphatic heterocycles. The van der Waals surface area contributed by atoms with Crippen molar-refractivity contribution in [2.24, 2.45) is 0 Å². The number of hydrogen-bond donors (Lipinski definition) is 1. The normalized spacial score (nSPS) is 14.6. The SMILES string of the molecule is CS(=O)(=O)N(CCCC(=O)N(Cc1cccc(Cl)c1)[C@@H](Cc1ccccc1)C(=O)NC1CCCCC1)c1ccc(F)cc1. The Bertz CT molecular complexity index is 1460. The molecule has 0 saturated heterocycles. The Morgan fingerprint density at radius 3 is 2.28 bits per heavy atom. The predicted octanol–water partition coefficient (Wildman–Crippen LogP) is 6.11. The van der Waals surface area contributed by atoms with Gasteiger partial charge in [0.05, 0.1) is 11.9 Å². The lowest BCUT2D eigenvalue weighted by molar-refractivity contribution is -0.141. The van der Waals surface area contributed by atoms with Gasteiger partial charge in [0.2, 0.25) is 21.8 Å². The number of amides is 2. The Morgan fingerprint density at radius 1 is 0.953 bits per heavy atom. The molecule has 0 heterocycles. The lowest BCUT2D eigenvalue weighted by Gasteiger charge is -2.34. The van der Waals surface area contributed by atoms with Crippen molar-refractivity contribution in [1.29, 1.82) is 0 Å². The molecular formula is C33H39ClFN3O4S. The van der Waals surface area contributed by atoms with E-state index < -0.39 is 21.9 Å². The maximum Gasteiger partial charge on any atom is 0.243 e. The summed E-state index contributed by atoms with van der Waals surface area (Å²) in [5.41, 5.74) is 2.03. The lowest BCUT2D eigenvalue weighted by atomic mass is 9.94. The average Bonchev–Trinajstić information content (AvgIpc) is 2.98. The molecule has 3 aromatic rings. The van der Waals surface area contributed by atoms with Gasteiger partial charge in [0.1, 0.15) is 11.9 Å². The van der Waals surface area contributed by atoms with Crippen LogP contribution < -0.4 is 9.62 Å². The second-order valence-electron chi connectivity index (χ2n) is 11.1. The first-order chi connectivity index (χ1) is 20.6. The fourth-order valence-corrected chi connectivity index (χ4v) is 6.72. The highest BCUT2D eigenvalue weighted by molar-refractivity contribution is 7.92. The first kappa shape index (κ1) is 32.5. The van der Waals surface area contributed by atoms with Crippen LogP contribution in [-0.2, 0) is 32.6 Å². The number of rotatable bonds is 13. The maximum absolute atomic E-state index is 14.0. The van der Waals surface area contributed by atoms with Gasteiger partial charge in [-0.25, -0.2) is 12.8 Å². The third-order valence-corrected chi connectivity index (χ3v) is 9.16. The first-order valence-corrected chi connectivity index (χ1v) is 16.9. The fraction of sp³-hybridized carbons (Fsp3) is 0.394. The van der Waals surface area contributed by atoms with E-state index in [-0.39, 0.29) is 43.8 Å². The summed E-state index contributed by atoms with van der Waals surface area (Å²) in [6, 6.07) is 21.3. The fourth-order valence-electron chi connectivity index (χ4n) is 5.54. The number of carbonyl (C=O) groups excluding carboxylic acids is 2. The molecule has 7 nitrogen and oxygen atoms in total. The summed E-state index contributed by atoms with van der Waals surface area (Å²) in [7, 11) is -3.68. The largest absolute Gasteiger partial charge is 0.352 e. The minimum Gasteiger partial charge on any atom is -0.352 e. The number of halogens is 2. The summed E-state index contributed by atoms with van der Waals surface area (Å²) in [5.74, 6) is -0.942. The molecule has 0 radical (unpaired) electrons. The van der Waals surface area contributed by atoms with Crippen molar-refractivity contribution in [3.8, 4) is 0 Å². The molecule has 0 bridgehead atoms. The Kier molecular flexibility index (Phi) is 11.6. The average molecular weight is 628 g/mol. The van der Waals surface area contributed by atoms with Crippen LogP contribution in [0.15, 0.2) is 78.9 Å². The zero-order valence-electron chi connectivity index (χ0n) is 24.4. The number of anilines is 1. The van der Waals surface area contributed by atoms with Crippen molar-refractivity contribution in [2.75, 3.05) is 17.1 Å². The molecule has 230 valence electrons. The first-order valence-electron chi connectivity index (χ1n) is 14.7. The van der Waals surface area contributed by atoms with E-state index >= 15 is 0 Å². The molecule has 10 heteroatoms. The second-order valence-corrected chi connectivity index (χ2v) is 13.5. The van der Waals surface area contributed by atoms with E-state index in [0.29, 0.717) is 17.1 Å². The maximum atomic E-state index is 14.0. The summed E-state index contributed by atoms with van der Waals surface area (Å²) >= 11 is 6.27. The quantitative estimate of drug-likeness (QED) is 0.248. The number of hydrogen-bond acceptors (Lipinski definition) is 4. The molecular weight excluding hydrogens is 589 g/mol. The van der Waals surface area contributed by atoms with Gasteiger partial charge in [-0.1, -0.05) is 73.3 Å². The Hall–Kier alpha value is -3.43. The topological polar surface area (TPSA) is 86.8 Å². The molecule has 43 heavy (non-hydrogen) atoms. The summed E-state index contributed by atoms with van der Waals surface area (Å²) in [5, 5.41) is 3.74. The van der Waals surface area contributed by atoms with E-state index in [1.807, 2.05) is 36.4 Å². The van der Waals surface area contributed by atoms with Crippen molar-refractivity contribution in [1.82, 2.24) is 10.2 Å². The van der Waals surface area contributed by atoms with Crippen molar-refractivity contribution in [3.63, 3.8) is 0 Å².